The average Bonchev–Trinajstić information content (AvgIpc) is 2.47. The fourth-order valence-corrected chi connectivity index (χ4v) is 1.31. The number of alkyl halides is 1. The molecule has 0 bridgehead atoms. The number of rotatable bonds is 3. The van der Waals surface area contributed by atoms with Crippen molar-refractivity contribution in [3.8, 4) is 0 Å². The third kappa shape index (κ3) is 2.81. The first-order valence-electron chi connectivity index (χ1n) is 3.84. The molecule has 1 saturated heterocycles. The number of carbonyl (C=O) groups excluding carboxylic acids is 2. The predicted octanol–water partition coefficient (Wildman–Crippen LogP) is -0.224. The summed E-state index contributed by atoms with van der Waals surface area (Å²) in [5.74, 6) is 0.0317. The van der Waals surface area contributed by atoms with Crippen LogP contribution in [0.15, 0.2) is 0 Å². The van der Waals surface area contributed by atoms with Crippen LogP contribution in [0.2, 0.25) is 0 Å². The van der Waals surface area contributed by atoms with Crippen molar-refractivity contribution in [2.24, 2.45) is 0 Å². The minimum Gasteiger partial charge on any atom is -0.353 e. The van der Waals surface area contributed by atoms with Crippen LogP contribution >= 0.6 is 15.9 Å². The molecule has 0 spiro atoms. The van der Waals surface area contributed by atoms with Crippen LogP contribution in [0.5, 0.6) is 0 Å². The molecule has 1 heterocycles. The molecule has 1 aliphatic rings. The molecule has 1 fully saturated rings. The monoisotopic (exact) mass is 234 g/mol. The number of carbonyl (C=O) groups is 2. The second kappa shape index (κ2) is 4.45. The largest absolute Gasteiger partial charge is 0.353 e. The van der Waals surface area contributed by atoms with Crippen molar-refractivity contribution in [2.75, 3.05) is 11.9 Å². The van der Waals surface area contributed by atoms with Crippen molar-refractivity contribution in [3.05, 3.63) is 0 Å². The topological polar surface area (TPSA) is 58.2 Å². The van der Waals surface area contributed by atoms with E-state index in [0.29, 0.717) is 18.3 Å². The maximum Gasteiger partial charge on any atom is 0.230 e. The first-order valence-corrected chi connectivity index (χ1v) is 4.96. The fourth-order valence-electron chi connectivity index (χ4n) is 1.11. The molecule has 0 radical (unpaired) electrons. The maximum atomic E-state index is 10.8. The summed E-state index contributed by atoms with van der Waals surface area (Å²) in [5.41, 5.74) is 0. The number of hydrogen-bond acceptors (Lipinski definition) is 2. The van der Waals surface area contributed by atoms with Gasteiger partial charge in [0.25, 0.3) is 0 Å². The Bertz CT molecular complexity index is 196. The van der Waals surface area contributed by atoms with Crippen LogP contribution in [0.3, 0.4) is 0 Å². The Morgan fingerprint density at radius 1 is 1.75 bits per heavy atom. The van der Waals surface area contributed by atoms with Gasteiger partial charge in [0.05, 0.1) is 5.33 Å². The van der Waals surface area contributed by atoms with E-state index in [0.717, 1.165) is 6.42 Å². The van der Waals surface area contributed by atoms with Gasteiger partial charge in [-0.25, -0.2) is 0 Å². The van der Waals surface area contributed by atoms with E-state index in [1.165, 1.54) is 0 Å². The second-order valence-electron chi connectivity index (χ2n) is 2.74. The summed E-state index contributed by atoms with van der Waals surface area (Å²) in [4.78, 5) is 21.5. The zero-order valence-corrected chi connectivity index (χ0v) is 8.19. The Balaban J connectivity index is 2.16. The molecular weight excluding hydrogens is 224 g/mol. The van der Waals surface area contributed by atoms with E-state index in [2.05, 4.69) is 26.6 Å². The highest BCUT2D eigenvalue weighted by Gasteiger charge is 2.20. The summed E-state index contributed by atoms with van der Waals surface area (Å²) in [7, 11) is 0. The summed E-state index contributed by atoms with van der Waals surface area (Å²) in [5, 5.41) is 5.77. The lowest BCUT2D eigenvalue weighted by Crippen LogP contribution is -2.38. The molecule has 1 aliphatic heterocycles. The van der Waals surface area contributed by atoms with Gasteiger partial charge in [-0.15, -0.1) is 0 Å². The zero-order valence-electron chi connectivity index (χ0n) is 6.60. The SMILES string of the molecule is O=C(CBr)NCC1CCC(=O)N1. The van der Waals surface area contributed by atoms with E-state index >= 15 is 0 Å². The van der Waals surface area contributed by atoms with E-state index in [1.807, 2.05) is 0 Å². The van der Waals surface area contributed by atoms with Gasteiger partial charge in [-0.05, 0) is 6.42 Å². The summed E-state index contributed by atoms with van der Waals surface area (Å²) in [6.07, 6.45) is 1.40. The van der Waals surface area contributed by atoms with Crippen molar-refractivity contribution in [1.82, 2.24) is 10.6 Å². The van der Waals surface area contributed by atoms with E-state index in [9.17, 15) is 9.59 Å². The van der Waals surface area contributed by atoms with Gasteiger partial charge >= 0.3 is 0 Å². The van der Waals surface area contributed by atoms with Crippen molar-refractivity contribution >= 4 is 27.7 Å². The van der Waals surface area contributed by atoms with Crippen LogP contribution in [0.4, 0.5) is 0 Å². The predicted molar refractivity (Wildman–Crippen MR) is 48.0 cm³/mol. The van der Waals surface area contributed by atoms with Gasteiger partial charge in [-0.2, -0.15) is 0 Å². The summed E-state index contributed by atoms with van der Waals surface area (Å²) in [6, 6.07) is 0.125. The van der Waals surface area contributed by atoms with Gasteiger partial charge in [0, 0.05) is 19.0 Å². The molecule has 68 valence electrons. The zero-order chi connectivity index (χ0) is 8.97. The van der Waals surface area contributed by atoms with Crippen LogP contribution < -0.4 is 10.6 Å². The van der Waals surface area contributed by atoms with Gasteiger partial charge in [0.1, 0.15) is 0 Å². The van der Waals surface area contributed by atoms with Gasteiger partial charge in [0.15, 0.2) is 0 Å². The smallest absolute Gasteiger partial charge is 0.230 e. The van der Waals surface area contributed by atoms with E-state index in [1.54, 1.807) is 0 Å². The summed E-state index contributed by atoms with van der Waals surface area (Å²) < 4.78 is 0. The molecule has 0 aromatic carbocycles. The molecule has 0 aliphatic carbocycles. The van der Waals surface area contributed by atoms with Crippen molar-refractivity contribution in [1.29, 1.82) is 0 Å². The normalized spacial score (nSPS) is 22.1. The van der Waals surface area contributed by atoms with Gasteiger partial charge in [-0.1, -0.05) is 15.9 Å². The van der Waals surface area contributed by atoms with Crippen molar-refractivity contribution < 1.29 is 9.59 Å². The standard InChI is InChI=1S/C7H11BrN2O2/c8-3-7(12)9-4-5-1-2-6(11)10-5/h5H,1-4H2,(H,9,12)(H,10,11). The number of nitrogens with one attached hydrogen (secondary N) is 2. The number of hydrogen-bond donors (Lipinski definition) is 2. The molecule has 1 atom stereocenters. The molecule has 1 unspecified atom stereocenters. The molecule has 4 nitrogen and oxygen atoms in total. The lowest BCUT2D eigenvalue weighted by molar-refractivity contribution is -0.120. The average molecular weight is 235 g/mol. The van der Waals surface area contributed by atoms with Crippen LogP contribution in [0.1, 0.15) is 12.8 Å². The quantitative estimate of drug-likeness (QED) is 0.664. The van der Waals surface area contributed by atoms with Crippen molar-refractivity contribution in [3.63, 3.8) is 0 Å². The van der Waals surface area contributed by atoms with Gasteiger partial charge < -0.3 is 10.6 Å². The van der Waals surface area contributed by atoms with Crippen LogP contribution in [-0.2, 0) is 9.59 Å². The highest BCUT2D eigenvalue weighted by Crippen LogP contribution is 2.04. The van der Waals surface area contributed by atoms with E-state index in [-0.39, 0.29) is 17.9 Å². The van der Waals surface area contributed by atoms with Gasteiger partial charge in [0.2, 0.25) is 11.8 Å². The van der Waals surface area contributed by atoms with E-state index < -0.39 is 0 Å². The molecule has 5 heteroatoms. The number of halogens is 1. The third-order valence-electron chi connectivity index (χ3n) is 1.75. The summed E-state index contributed by atoms with van der Waals surface area (Å²) >= 11 is 3.04. The first kappa shape index (κ1) is 9.51. The van der Waals surface area contributed by atoms with E-state index in [4.69, 9.17) is 0 Å². The minimum atomic E-state index is -0.0452. The molecule has 12 heavy (non-hydrogen) atoms. The Kier molecular flexibility index (Phi) is 3.52. The lowest BCUT2D eigenvalue weighted by atomic mass is 10.2. The number of amides is 2. The Morgan fingerprint density at radius 3 is 3.00 bits per heavy atom. The molecule has 2 N–H and O–H groups in total. The molecule has 0 aromatic rings. The van der Waals surface area contributed by atoms with Crippen LogP contribution in [0.25, 0.3) is 0 Å². The van der Waals surface area contributed by atoms with Crippen LogP contribution in [0, 0.1) is 0 Å². The first-order chi connectivity index (χ1) is 5.72. The molecule has 1 rings (SSSR count). The second-order valence-corrected chi connectivity index (χ2v) is 3.30. The minimum absolute atomic E-state index is 0.0452. The highest BCUT2D eigenvalue weighted by molar-refractivity contribution is 9.09. The molecule has 0 saturated carbocycles. The molecule has 2 amide bonds. The molecular formula is C7H11BrN2O2. The maximum absolute atomic E-state index is 10.8. The highest BCUT2D eigenvalue weighted by atomic mass is 79.9. The van der Waals surface area contributed by atoms with Crippen molar-refractivity contribution in [2.45, 2.75) is 18.9 Å². The van der Waals surface area contributed by atoms with Gasteiger partial charge in [-0.3, -0.25) is 9.59 Å². The fraction of sp³-hybridized carbons (Fsp3) is 0.714. The Hall–Kier alpha value is -0.580. The van der Waals surface area contributed by atoms with Crippen LogP contribution in [-0.4, -0.2) is 29.7 Å². The third-order valence-corrected chi connectivity index (χ3v) is 2.26. The lowest BCUT2D eigenvalue weighted by Gasteiger charge is -2.09. The Morgan fingerprint density at radius 2 is 2.50 bits per heavy atom. The summed E-state index contributed by atoms with van der Waals surface area (Å²) in [6.45, 7) is 0.538. The Labute approximate surface area is 79.2 Å². The molecule has 0 aromatic heterocycles.